The number of hydrogen-bond acceptors (Lipinski definition) is 4. The van der Waals surface area contributed by atoms with Gasteiger partial charge in [-0.2, -0.15) is 0 Å². The number of rotatable bonds is 12. The lowest BCUT2D eigenvalue weighted by atomic mass is 9.96. The monoisotopic (exact) mass is 489 g/mol. The van der Waals surface area contributed by atoms with E-state index in [9.17, 15) is 14.4 Å². The van der Waals surface area contributed by atoms with Crippen LogP contribution < -0.4 is 10.6 Å². The molecule has 0 spiro atoms. The van der Waals surface area contributed by atoms with Crippen molar-refractivity contribution in [3.8, 4) is 0 Å². The molecule has 198 valence electrons. The molecule has 7 heteroatoms. The molecule has 0 aliphatic carbocycles. The number of carbonyl (C=O) groups excluding carboxylic acids is 3. The first-order valence-corrected chi connectivity index (χ1v) is 13.0. The minimum atomic E-state index is -0.821. The van der Waals surface area contributed by atoms with Crippen LogP contribution in [0.5, 0.6) is 0 Å². The third-order valence-corrected chi connectivity index (χ3v) is 5.59. The fraction of sp³-hybridized carbons (Fsp3) is 0.679. The molecule has 0 aromatic heterocycles. The second-order valence-electron chi connectivity index (χ2n) is 10.7. The SMILES string of the molecule is CCCCNC(=O)C(c1cc(C)cc(C)c1)N(CCCC)C(=O)C(NC(=O)OC(C)(C)C)C(C)C. The highest BCUT2D eigenvalue weighted by atomic mass is 16.6. The number of unbranched alkanes of at least 4 members (excludes halogenated alkanes) is 2. The third kappa shape index (κ3) is 10.3. The van der Waals surface area contributed by atoms with Gasteiger partial charge in [0.15, 0.2) is 0 Å². The van der Waals surface area contributed by atoms with Crippen molar-refractivity contribution in [3.63, 3.8) is 0 Å². The normalized spacial score (nSPS) is 13.2. The Hall–Kier alpha value is -2.57. The quantitative estimate of drug-likeness (QED) is 0.383. The molecular formula is C28H47N3O4. The lowest BCUT2D eigenvalue weighted by Gasteiger charge is -2.36. The van der Waals surface area contributed by atoms with E-state index in [1.807, 2.05) is 39.8 Å². The maximum absolute atomic E-state index is 14.0. The highest BCUT2D eigenvalue weighted by Gasteiger charge is 2.37. The predicted octanol–water partition coefficient (Wildman–Crippen LogP) is 5.44. The van der Waals surface area contributed by atoms with E-state index in [-0.39, 0.29) is 17.7 Å². The van der Waals surface area contributed by atoms with E-state index < -0.39 is 23.8 Å². The zero-order chi connectivity index (χ0) is 26.8. The molecule has 0 saturated carbocycles. The molecule has 0 aliphatic rings. The zero-order valence-corrected chi connectivity index (χ0v) is 23.3. The van der Waals surface area contributed by atoms with Crippen LogP contribution in [0.2, 0.25) is 0 Å². The number of benzene rings is 1. The van der Waals surface area contributed by atoms with Crippen LogP contribution in [0.4, 0.5) is 4.79 Å². The van der Waals surface area contributed by atoms with Crippen molar-refractivity contribution < 1.29 is 19.1 Å². The van der Waals surface area contributed by atoms with Crippen LogP contribution in [0, 0.1) is 19.8 Å². The minimum absolute atomic E-state index is 0.192. The fourth-order valence-electron chi connectivity index (χ4n) is 3.95. The van der Waals surface area contributed by atoms with Crippen molar-refractivity contribution >= 4 is 17.9 Å². The molecule has 1 rings (SSSR count). The highest BCUT2D eigenvalue weighted by Crippen LogP contribution is 2.26. The molecule has 1 aromatic carbocycles. The van der Waals surface area contributed by atoms with Crippen LogP contribution in [0.1, 0.15) is 96.9 Å². The van der Waals surface area contributed by atoms with Gasteiger partial charge in [-0.1, -0.05) is 69.9 Å². The largest absolute Gasteiger partial charge is 0.444 e. The van der Waals surface area contributed by atoms with Crippen molar-refractivity contribution in [2.45, 2.75) is 106 Å². The summed E-state index contributed by atoms with van der Waals surface area (Å²) in [5.41, 5.74) is 2.15. The Kier molecular flexibility index (Phi) is 12.3. The number of ether oxygens (including phenoxy) is 1. The Labute approximate surface area is 212 Å². The topological polar surface area (TPSA) is 87.7 Å². The molecule has 2 atom stereocenters. The van der Waals surface area contributed by atoms with Gasteiger partial charge in [0.05, 0.1) is 0 Å². The van der Waals surface area contributed by atoms with E-state index in [4.69, 9.17) is 4.74 Å². The Bertz CT molecular complexity index is 825. The van der Waals surface area contributed by atoms with E-state index in [1.165, 1.54) is 0 Å². The van der Waals surface area contributed by atoms with Gasteiger partial charge in [0.1, 0.15) is 17.7 Å². The van der Waals surface area contributed by atoms with Crippen molar-refractivity contribution in [3.05, 3.63) is 34.9 Å². The first-order valence-electron chi connectivity index (χ1n) is 13.0. The van der Waals surface area contributed by atoms with Crippen molar-refractivity contribution in [2.75, 3.05) is 13.1 Å². The average molecular weight is 490 g/mol. The number of hydrogen-bond donors (Lipinski definition) is 2. The molecule has 2 N–H and O–H groups in total. The molecule has 7 nitrogen and oxygen atoms in total. The number of nitrogens with one attached hydrogen (secondary N) is 2. The summed E-state index contributed by atoms with van der Waals surface area (Å²) in [5, 5.41) is 5.79. The van der Waals surface area contributed by atoms with Crippen LogP contribution in [-0.4, -0.2) is 47.5 Å². The van der Waals surface area contributed by atoms with Crippen molar-refractivity contribution in [1.29, 1.82) is 0 Å². The van der Waals surface area contributed by atoms with E-state index in [0.29, 0.717) is 13.1 Å². The van der Waals surface area contributed by atoms with Crippen LogP contribution in [0.15, 0.2) is 18.2 Å². The standard InChI is InChI=1S/C28H47N3O4/c1-10-12-14-29-25(32)24(22-17-20(5)16-21(6)18-22)31(15-13-11-2)26(33)23(19(3)4)30-27(34)35-28(7,8)9/h16-19,23-24H,10-15H2,1-9H3,(H,29,32)(H,30,34). The summed E-state index contributed by atoms with van der Waals surface area (Å²) in [7, 11) is 0. The van der Waals surface area contributed by atoms with Gasteiger partial charge in [-0.3, -0.25) is 9.59 Å². The third-order valence-electron chi connectivity index (χ3n) is 5.59. The van der Waals surface area contributed by atoms with Gasteiger partial charge in [0, 0.05) is 13.1 Å². The summed E-state index contributed by atoms with van der Waals surface area (Å²) < 4.78 is 5.42. The minimum Gasteiger partial charge on any atom is -0.444 e. The Balaban J connectivity index is 3.46. The molecule has 3 amide bonds. The van der Waals surface area contributed by atoms with Crippen molar-refractivity contribution in [2.24, 2.45) is 5.92 Å². The van der Waals surface area contributed by atoms with E-state index >= 15 is 0 Å². The Morgan fingerprint density at radius 3 is 2.03 bits per heavy atom. The molecule has 0 saturated heterocycles. The molecule has 0 radical (unpaired) electrons. The van der Waals surface area contributed by atoms with Gasteiger partial charge in [-0.25, -0.2) is 4.79 Å². The molecule has 35 heavy (non-hydrogen) atoms. The number of carbonyl (C=O) groups is 3. The van der Waals surface area contributed by atoms with Crippen LogP contribution in [0.3, 0.4) is 0 Å². The summed E-state index contributed by atoms with van der Waals surface area (Å²) in [6.07, 6.45) is 2.79. The van der Waals surface area contributed by atoms with Gasteiger partial charge >= 0.3 is 6.09 Å². The number of alkyl carbamates (subject to hydrolysis) is 1. The first-order chi connectivity index (χ1) is 16.3. The zero-order valence-electron chi connectivity index (χ0n) is 23.3. The number of amides is 3. The van der Waals surface area contributed by atoms with E-state index in [2.05, 4.69) is 30.5 Å². The molecule has 0 bridgehead atoms. The van der Waals surface area contributed by atoms with Crippen LogP contribution in [-0.2, 0) is 14.3 Å². The lowest BCUT2D eigenvalue weighted by Crippen LogP contribution is -2.55. The first kappa shape index (κ1) is 30.5. The van der Waals surface area contributed by atoms with Gasteiger partial charge in [0.25, 0.3) is 0 Å². The van der Waals surface area contributed by atoms with Gasteiger partial charge in [0.2, 0.25) is 11.8 Å². The van der Waals surface area contributed by atoms with E-state index in [0.717, 1.165) is 42.4 Å². The number of aryl methyl sites for hydroxylation is 2. The van der Waals surface area contributed by atoms with Crippen LogP contribution >= 0.6 is 0 Å². The van der Waals surface area contributed by atoms with Crippen LogP contribution in [0.25, 0.3) is 0 Å². The molecule has 0 heterocycles. The summed E-state index contributed by atoms with van der Waals surface area (Å²) in [6.45, 7) is 18.2. The molecule has 0 fully saturated rings. The number of nitrogens with zero attached hydrogens (tertiary/aromatic N) is 1. The maximum atomic E-state index is 14.0. The highest BCUT2D eigenvalue weighted by molar-refractivity contribution is 5.92. The maximum Gasteiger partial charge on any atom is 0.408 e. The summed E-state index contributed by atoms with van der Waals surface area (Å²) in [4.78, 5) is 41.7. The molecule has 1 aromatic rings. The summed E-state index contributed by atoms with van der Waals surface area (Å²) in [5.74, 6) is -0.677. The second kappa shape index (κ2) is 14.1. The second-order valence-corrected chi connectivity index (χ2v) is 10.7. The lowest BCUT2D eigenvalue weighted by molar-refractivity contribution is -0.143. The van der Waals surface area contributed by atoms with Gasteiger partial charge < -0.3 is 20.3 Å². The Morgan fingerprint density at radius 2 is 1.54 bits per heavy atom. The average Bonchev–Trinajstić information content (AvgIpc) is 2.72. The van der Waals surface area contributed by atoms with E-state index in [1.54, 1.807) is 25.7 Å². The fourth-order valence-corrected chi connectivity index (χ4v) is 3.95. The molecule has 0 aliphatic heterocycles. The van der Waals surface area contributed by atoms with Gasteiger partial charge in [-0.05, 0) is 58.9 Å². The smallest absolute Gasteiger partial charge is 0.408 e. The Morgan fingerprint density at radius 1 is 0.971 bits per heavy atom. The van der Waals surface area contributed by atoms with Gasteiger partial charge in [-0.15, -0.1) is 0 Å². The predicted molar refractivity (Wildman–Crippen MR) is 141 cm³/mol. The molecule has 2 unspecified atom stereocenters. The molecular weight excluding hydrogens is 442 g/mol. The summed E-state index contributed by atoms with van der Waals surface area (Å²) in [6, 6.07) is 4.38. The summed E-state index contributed by atoms with van der Waals surface area (Å²) >= 11 is 0. The van der Waals surface area contributed by atoms with Crippen molar-refractivity contribution in [1.82, 2.24) is 15.5 Å².